The minimum Gasteiger partial charge on any atom is -0.488 e. The molecule has 2 fully saturated rings. The SMILES string of the molecule is CN(CC=O)CC1CCOCC1.CNCC1CC1.Cn1nc(C=O)c2c1-c1cc(Cl)ccc1OC2. The van der Waals surface area contributed by atoms with Crippen LogP contribution in [0.1, 0.15) is 41.7 Å². The number of rotatable bonds is 7. The molecule has 0 atom stereocenters. The Balaban J connectivity index is 0.000000165. The van der Waals surface area contributed by atoms with Crippen LogP contribution in [0.15, 0.2) is 18.2 Å². The van der Waals surface area contributed by atoms with E-state index >= 15 is 0 Å². The highest BCUT2D eigenvalue weighted by Crippen LogP contribution is 2.39. The zero-order chi connectivity index (χ0) is 25.2. The van der Waals surface area contributed by atoms with Crippen molar-refractivity contribution in [2.24, 2.45) is 18.9 Å². The molecule has 2 aromatic rings. The molecule has 1 aromatic carbocycles. The van der Waals surface area contributed by atoms with Crippen LogP contribution in [0.3, 0.4) is 0 Å². The maximum Gasteiger partial charge on any atom is 0.170 e. The number of benzene rings is 1. The third-order valence-corrected chi connectivity index (χ3v) is 6.58. The number of nitrogens with zero attached hydrogens (tertiary/aromatic N) is 3. The summed E-state index contributed by atoms with van der Waals surface area (Å²) < 4.78 is 12.5. The van der Waals surface area contributed by atoms with Crippen molar-refractivity contribution in [1.82, 2.24) is 20.0 Å². The molecule has 3 aliphatic rings. The third kappa shape index (κ3) is 8.14. The van der Waals surface area contributed by atoms with Crippen molar-refractivity contribution < 1.29 is 19.1 Å². The molecular formula is C26H37ClN4O4. The number of carbonyl (C=O) groups excluding carboxylic acids is 2. The van der Waals surface area contributed by atoms with Crippen LogP contribution in [-0.2, 0) is 23.2 Å². The molecular weight excluding hydrogens is 468 g/mol. The first-order valence-electron chi connectivity index (χ1n) is 12.2. The van der Waals surface area contributed by atoms with Gasteiger partial charge in [0.05, 0.1) is 12.2 Å². The van der Waals surface area contributed by atoms with Crippen LogP contribution in [-0.4, -0.2) is 74.2 Å². The van der Waals surface area contributed by atoms with Gasteiger partial charge in [-0.05, 0) is 76.4 Å². The van der Waals surface area contributed by atoms with Gasteiger partial charge in [0.15, 0.2) is 6.29 Å². The van der Waals surface area contributed by atoms with Gasteiger partial charge in [0.1, 0.15) is 24.3 Å². The summed E-state index contributed by atoms with van der Waals surface area (Å²) >= 11 is 5.98. The maximum atomic E-state index is 10.9. The fraction of sp³-hybridized carbons (Fsp3) is 0.577. The minimum atomic E-state index is 0.367. The van der Waals surface area contributed by atoms with E-state index in [2.05, 4.69) is 15.3 Å². The summed E-state index contributed by atoms with van der Waals surface area (Å²) in [5.74, 6) is 2.53. The van der Waals surface area contributed by atoms with Gasteiger partial charge in [0, 0.05) is 43.0 Å². The van der Waals surface area contributed by atoms with E-state index in [4.69, 9.17) is 21.1 Å². The van der Waals surface area contributed by atoms with Gasteiger partial charge in [-0.15, -0.1) is 0 Å². The van der Waals surface area contributed by atoms with Gasteiger partial charge in [0.2, 0.25) is 0 Å². The summed E-state index contributed by atoms with van der Waals surface area (Å²) in [6, 6.07) is 5.43. The lowest BCUT2D eigenvalue weighted by Crippen LogP contribution is -2.30. The van der Waals surface area contributed by atoms with Gasteiger partial charge in [-0.3, -0.25) is 14.4 Å². The maximum absolute atomic E-state index is 10.9. The van der Waals surface area contributed by atoms with Crippen molar-refractivity contribution in [3.63, 3.8) is 0 Å². The molecule has 0 radical (unpaired) electrons. The van der Waals surface area contributed by atoms with E-state index in [0.29, 0.717) is 23.9 Å². The minimum absolute atomic E-state index is 0.367. The molecule has 35 heavy (non-hydrogen) atoms. The van der Waals surface area contributed by atoms with Crippen LogP contribution in [0.2, 0.25) is 5.02 Å². The van der Waals surface area contributed by atoms with Crippen LogP contribution in [0.25, 0.3) is 11.3 Å². The zero-order valence-corrected chi connectivity index (χ0v) is 21.7. The zero-order valence-electron chi connectivity index (χ0n) is 21.0. The number of aryl methyl sites for hydroxylation is 1. The van der Waals surface area contributed by atoms with Gasteiger partial charge < -0.3 is 19.6 Å². The lowest BCUT2D eigenvalue weighted by Gasteiger charge is -2.25. The Labute approximate surface area is 212 Å². The number of likely N-dealkylation sites (N-methyl/N-ethyl adjacent to an activating group) is 1. The second-order valence-electron chi connectivity index (χ2n) is 9.33. The molecule has 1 saturated carbocycles. The Morgan fingerprint density at radius 1 is 1.20 bits per heavy atom. The molecule has 0 amide bonds. The van der Waals surface area contributed by atoms with E-state index in [1.165, 1.54) is 19.4 Å². The summed E-state index contributed by atoms with van der Waals surface area (Å²) in [7, 11) is 5.81. The number of hydrogen-bond acceptors (Lipinski definition) is 7. The number of nitrogens with one attached hydrogen (secondary N) is 1. The van der Waals surface area contributed by atoms with Crippen LogP contribution in [0.4, 0.5) is 0 Å². The van der Waals surface area contributed by atoms with Crippen molar-refractivity contribution >= 4 is 24.2 Å². The van der Waals surface area contributed by atoms with Crippen LogP contribution in [0.5, 0.6) is 5.75 Å². The second kappa shape index (κ2) is 13.7. The summed E-state index contributed by atoms with van der Waals surface area (Å²) in [6.07, 6.45) is 6.91. The van der Waals surface area contributed by atoms with E-state index < -0.39 is 0 Å². The Morgan fingerprint density at radius 2 is 1.94 bits per heavy atom. The molecule has 2 aliphatic heterocycles. The number of ether oxygens (including phenoxy) is 2. The highest BCUT2D eigenvalue weighted by Gasteiger charge is 2.25. The van der Waals surface area contributed by atoms with Crippen molar-refractivity contribution in [3.05, 3.63) is 34.5 Å². The summed E-state index contributed by atoms with van der Waals surface area (Å²) in [5.41, 5.74) is 3.02. The van der Waals surface area contributed by atoms with Crippen molar-refractivity contribution in [2.75, 3.05) is 46.9 Å². The third-order valence-electron chi connectivity index (χ3n) is 6.34. The molecule has 1 N–H and O–H groups in total. The molecule has 0 bridgehead atoms. The lowest BCUT2D eigenvalue weighted by atomic mass is 10.00. The summed E-state index contributed by atoms with van der Waals surface area (Å²) in [6.45, 7) is 4.96. The normalized spacial score (nSPS) is 16.6. The standard InChI is InChI=1S/C12H9ClN2O2.C9H17NO2.C5H11N/c1-15-12-8-4-7(13)2-3-11(8)17-6-9(12)10(5-16)14-15;1-10(4-5-11)8-9-2-6-12-7-3-9;1-6-4-5-2-3-5/h2-5H,6H2,1H3;5,9H,2-4,6-8H2,1H3;5-6H,2-4H2,1H3. The molecule has 0 spiro atoms. The highest BCUT2D eigenvalue weighted by molar-refractivity contribution is 6.31. The van der Waals surface area contributed by atoms with E-state index in [1.54, 1.807) is 10.7 Å². The smallest absolute Gasteiger partial charge is 0.170 e. The predicted molar refractivity (Wildman–Crippen MR) is 137 cm³/mol. The van der Waals surface area contributed by atoms with E-state index in [-0.39, 0.29) is 0 Å². The average molecular weight is 505 g/mol. The van der Waals surface area contributed by atoms with E-state index in [9.17, 15) is 9.59 Å². The van der Waals surface area contributed by atoms with Crippen molar-refractivity contribution in [1.29, 1.82) is 0 Å². The van der Waals surface area contributed by atoms with Crippen LogP contribution < -0.4 is 10.1 Å². The Bertz CT molecular complexity index is 971. The molecule has 1 saturated heterocycles. The first-order chi connectivity index (χ1) is 17.0. The Hall–Kier alpha value is -2.26. The Morgan fingerprint density at radius 3 is 2.54 bits per heavy atom. The fourth-order valence-electron chi connectivity index (χ4n) is 4.31. The van der Waals surface area contributed by atoms with Gasteiger partial charge >= 0.3 is 0 Å². The van der Waals surface area contributed by atoms with Gasteiger partial charge in [-0.2, -0.15) is 5.10 Å². The molecule has 5 rings (SSSR count). The topological polar surface area (TPSA) is 85.7 Å². The number of aldehydes is 2. The summed E-state index contributed by atoms with van der Waals surface area (Å²) in [4.78, 5) is 23.2. The molecule has 1 aliphatic carbocycles. The lowest BCUT2D eigenvalue weighted by molar-refractivity contribution is -0.108. The fourth-order valence-corrected chi connectivity index (χ4v) is 4.48. The molecule has 8 nitrogen and oxygen atoms in total. The van der Waals surface area contributed by atoms with Gasteiger partial charge in [-0.1, -0.05) is 11.6 Å². The first kappa shape index (κ1) is 27.3. The van der Waals surface area contributed by atoms with Crippen LogP contribution >= 0.6 is 11.6 Å². The average Bonchev–Trinajstić information content (AvgIpc) is 3.61. The molecule has 3 heterocycles. The van der Waals surface area contributed by atoms with Gasteiger partial charge in [-0.25, -0.2) is 0 Å². The molecule has 192 valence electrons. The highest BCUT2D eigenvalue weighted by atomic mass is 35.5. The molecule has 1 aromatic heterocycles. The Kier molecular flexibility index (Phi) is 10.7. The number of hydrogen-bond donors (Lipinski definition) is 1. The first-order valence-corrected chi connectivity index (χ1v) is 12.6. The van der Waals surface area contributed by atoms with Crippen molar-refractivity contribution in [3.8, 4) is 17.0 Å². The monoisotopic (exact) mass is 504 g/mol. The largest absolute Gasteiger partial charge is 0.488 e. The number of carbonyl (C=O) groups is 2. The molecule has 9 heteroatoms. The number of fused-ring (bicyclic) bond motifs is 3. The van der Waals surface area contributed by atoms with E-state index in [0.717, 1.165) is 79.6 Å². The molecule has 0 unspecified atom stereocenters. The number of halogens is 1. The van der Waals surface area contributed by atoms with Crippen molar-refractivity contribution in [2.45, 2.75) is 32.3 Å². The van der Waals surface area contributed by atoms with E-state index in [1.807, 2.05) is 33.3 Å². The predicted octanol–water partition coefficient (Wildman–Crippen LogP) is 3.60. The quantitative estimate of drug-likeness (QED) is 0.576. The number of aromatic nitrogens is 2. The second-order valence-corrected chi connectivity index (χ2v) is 9.76. The van der Waals surface area contributed by atoms with Crippen LogP contribution in [0, 0.1) is 11.8 Å². The summed E-state index contributed by atoms with van der Waals surface area (Å²) in [5, 5.41) is 7.93. The van der Waals surface area contributed by atoms with Gasteiger partial charge in [0.25, 0.3) is 0 Å².